The van der Waals surface area contributed by atoms with Gasteiger partial charge in [-0.25, -0.2) is 0 Å². The quantitative estimate of drug-likeness (QED) is 0.575. The van der Waals surface area contributed by atoms with Crippen molar-refractivity contribution in [2.75, 3.05) is 0 Å². The van der Waals surface area contributed by atoms with Crippen LogP contribution in [0, 0.1) is 26.7 Å². The number of hydrogen-bond acceptors (Lipinski definition) is 2. The Morgan fingerprint density at radius 2 is 1.75 bits per heavy atom. The van der Waals surface area contributed by atoms with Crippen LogP contribution < -0.4 is 4.74 Å². The van der Waals surface area contributed by atoms with E-state index in [2.05, 4.69) is 0 Å². The summed E-state index contributed by atoms with van der Waals surface area (Å²) in [7, 11) is 0. The van der Waals surface area contributed by atoms with Gasteiger partial charge in [-0.05, 0) is 38.3 Å². The molecule has 1 aromatic rings. The zero-order valence-corrected chi connectivity index (χ0v) is 10.8. The first-order chi connectivity index (χ1) is 7.45. The summed E-state index contributed by atoms with van der Waals surface area (Å²) < 4.78 is 5.44. The fourth-order valence-electron chi connectivity index (χ4n) is 1.70. The summed E-state index contributed by atoms with van der Waals surface area (Å²) in [6.07, 6.45) is 0.808. The van der Waals surface area contributed by atoms with Crippen LogP contribution in [0.5, 0.6) is 5.75 Å². The SMILES string of the molecule is CCC(C)C(=O)Oc1c(C)cc(C)cc1C. The van der Waals surface area contributed by atoms with Crippen molar-refractivity contribution in [1.82, 2.24) is 0 Å². The van der Waals surface area contributed by atoms with Gasteiger partial charge < -0.3 is 4.74 Å². The van der Waals surface area contributed by atoms with Crippen molar-refractivity contribution in [1.29, 1.82) is 0 Å². The Bertz CT molecular complexity index is 371. The Morgan fingerprint density at radius 3 is 2.19 bits per heavy atom. The van der Waals surface area contributed by atoms with E-state index >= 15 is 0 Å². The van der Waals surface area contributed by atoms with Crippen LogP contribution in [0.1, 0.15) is 37.0 Å². The molecule has 0 N–H and O–H groups in total. The van der Waals surface area contributed by atoms with Crippen LogP contribution in [0.25, 0.3) is 0 Å². The predicted octanol–water partition coefficient (Wildman–Crippen LogP) is 3.56. The Morgan fingerprint density at radius 1 is 1.25 bits per heavy atom. The van der Waals surface area contributed by atoms with Crippen LogP contribution in [-0.4, -0.2) is 5.97 Å². The molecule has 0 aliphatic heterocycles. The monoisotopic (exact) mass is 220 g/mol. The van der Waals surface area contributed by atoms with Gasteiger partial charge >= 0.3 is 5.97 Å². The number of ether oxygens (including phenoxy) is 1. The van der Waals surface area contributed by atoms with Crippen LogP contribution in [0.4, 0.5) is 0 Å². The Labute approximate surface area is 97.6 Å². The maximum atomic E-state index is 11.7. The largest absolute Gasteiger partial charge is 0.426 e. The molecule has 0 spiro atoms. The third-order valence-electron chi connectivity index (χ3n) is 2.82. The Kier molecular flexibility index (Phi) is 4.11. The van der Waals surface area contributed by atoms with Crippen molar-refractivity contribution >= 4 is 5.97 Å². The summed E-state index contributed by atoms with van der Waals surface area (Å²) in [5, 5.41) is 0. The summed E-state index contributed by atoms with van der Waals surface area (Å²) in [5.41, 5.74) is 3.24. The third kappa shape index (κ3) is 2.84. The Hall–Kier alpha value is -1.31. The van der Waals surface area contributed by atoms with Crippen LogP contribution in [0.2, 0.25) is 0 Å². The number of rotatable bonds is 3. The molecule has 0 aromatic heterocycles. The van der Waals surface area contributed by atoms with Gasteiger partial charge in [0.1, 0.15) is 5.75 Å². The van der Waals surface area contributed by atoms with E-state index in [1.54, 1.807) is 0 Å². The molecule has 0 aliphatic rings. The van der Waals surface area contributed by atoms with Gasteiger partial charge in [-0.1, -0.05) is 31.5 Å². The highest BCUT2D eigenvalue weighted by Gasteiger charge is 2.15. The predicted molar refractivity (Wildman–Crippen MR) is 65.7 cm³/mol. The number of hydrogen-bond donors (Lipinski definition) is 0. The minimum atomic E-state index is -0.141. The first kappa shape index (κ1) is 12.8. The molecule has 1 rings (SSSR count). The second-order valence-corrected chi connectivity index (χ2v) is 4.46. The zero-order chi connectivity index (χ0) is 12.3. The molecule has 2 nitrogen and oxygen atoms in total. The van der Waals surface area contributed by atoms with Crippen LogP contribution in [-0.2, 0) is 4.79 Å². The standard InChI is InChI=1S/C14H20O2/c1-6-10(3)14(15)16-13-11(4)7-9(2)8-12(13)5/h7-8,10H,6H2,1-5H3. The van der Waals surface area contributed by atoms with E-state index in [1.807, 2.05) is 46.8 Å². The lowest BCUT2D eigenvalue weighted by atomic mass is 10.1. The lowest BCUT2D eigenvalue weighted by Gasteiger charge is -2.14. The molecule has 0 aliphatic carbocycles. The van der Waals surface area contributed by atoms with Gasteiger partial charge in [0, 0.05) is 0 Å². The smallest absolute Gasteiger partial charge is 0.314 e. The number of esters is 1. The van der Waals surface area contributed by atoms with E-state index in [-0.39, 0.29) is 11.9 Å². The van der Waals surface area contributed by atoms with E-state index in [4.69, 9.17) is 4.74 Å². The van der Waals surface area contributed by atoms with E-state index in [0.29, 0.717) is 0 Å². The van der Waals surface area contributed by atoms with Gasteiger partial charge in [-0.3, -0.25) is 4.79 Å². The lowest BCUT2D eigenvalue weighted by molar-refractivity contribution is -0.138. The maximum absolute atomic E-state index is 11.7. The van der Waals surface area contributed by atoms with Gasteiger partial charge in [-0.2, -0.15) is 0 Å². The van der Waals surface area contributed by atoms with Gasteiger partial charge in [-0.15, -0.1) is 0 Å². The fourth-order valence-corrected chi connectivity index (χ4v) is 1.70. The topological polar surface area (TPSA) is 26.3 Å². The molecule has 0 saturated heterocycles. The van der Waals surface area contributed by atoms with Crippen molar-refractivity contribution in [2.45, 2.75) is 41.0 Å². The second-order valence-electron chi connectivity index (χ2n) is 4.46. The Balaban J connectivity index is 2.93. The van der Waals surface area contributed by atoms with Crippen molar-refractivity contribution in [3.05, 3.63) is 28.8 Å². The average molecular weight is 220 g/mol. The molecule has 0 bridgehead atoms. The number of benzene rings is 1. The van der Waals surface area contributed by atoms with Crippen molar-refractivity contribution in [2.24, 2.45) is 5.92 Å². The second kappa shape index (κ2) is 5.15. The lowest BCUT2D eigenvalue weighted by Crippen LogP contribution is -2.18. The minimum Gasteiger partial charge on any atom is -0.426 e. The normalized spacial score (nSPS) is 12.3. The molecule has 88 valence electrons. The van der Waals surface area contributed by atoms with Gasteiger partial charge in [0.2, 0.25) is 0 Å². The molecule has 1 unspecified atom stereocenters. The highest BCUT2D eigenvalue weighted by molar-refractivity contribution is 5.75. The maximum Gasteiger partial charge on any atom is 0.314 e. The highest BCUT2D eigenvalue weighted by atomic mass is 16.5. The van der Waals surface area contributed by atoms with Crippen LogP contribution in [0.3, 0.4) is 0 Å². The van der Waals surface area contributed by atoms with E-state index in [9.17, 15) is 4.79 Å². The van der Waals surface area contributed by atoms with Gasteiger partial charge in [0.05, 0.1) is 5.92 Å². The van der Waals surface area contributed by atoms with Crippen LogP contribution >= 0.6 is 0 Å². The molecule has 2 heteroatoms. The third-order valence-corrected chi connectivity index (χ3v) is 2.82. The molecule has 0 heterocycles. The van der Waals surface area contributed by atoms with Crippen molar-refractivity contribution < 1.29 is 9.53 Å². The van der Waals surface area contributed by atoms with Crippen LogP contribution in [0.15, 0.2) is 12.1 Å². The number of aryl methyl sites for hydroxylation is 3. The summed E-state index contributed by atoms with van der Waals surface area (Å²) in [6, 6.07) is 4.07. The summed E-state index contributed by atoms with van der Waals surface area (Å²) in [5.74, 6) is 0.536. The van der Waals surface area contributed by atoms with Crippen molar-refractivity contribution in [3.63, 3.8) is 0 Å². The zero-order valence-electron chi connectivity index (χ0n) is 10.8. The molecular weight excluding hydrogens is 200 g/mol. The summed E-state index contributed by atoms with van der Waals surface area (Å²) >= 11 is 0. The minimum absolute atomic E-state index is 0.0416. The first-order valence-electron chi connectivity index (χ1n) is 5.75. The number of carbonyl (C=O) groups is 1. The van der Waals surface area contributed by atoms with E-state index < -0.39 is 0 Å². The molecule has 0 saturated carbocycles. The molecule has 0 radical (unpaired) electrons. The first-order valence-corrected chi connectivity index (χ1v) is 5.75. The summed E-state index contributed by atoms with van der Waals surface area (Å²) in [6.45, 7) is 9.86. The molecule has 0 fully saturated rings. The fraction of sp³-hybridized carbons (Fsp3) is 0.500. The van der Waals surface area contributed by atoms with E-state index in [0.717, 1.165) is 23.3 Å². The van der Waals surface area contributed by atoms with Crippen molar-refractivity contribution in [3.8, 4) is 5.75 Å². The highest BCUT2D eigenvalue weighted by Crippen LogP contribution is 2.25. The average Bonchev–Trinajstić information content (AvgIpc) is 2.21. The van der Waals surface area contributed by atoms with Gasteiger partial charge in [0.25, 0.3) is 0 Å². The number of carbonyl (C=O) groups excluding carboxylic acids is 1. The molecule has 1 atom stereocenters. The molecule has 1 aromatic carbocycles. The molecule has 16 heavy (non-hydrogen) atoms. The molecule has 0 amide bonds. The summed E-state index contributed by atoms with van der Waals surface area (Å²) in [4.78, 5) is 11.7. The van der Waals surface area contributed by atoms with E-state index in [1.165, 1.54) is 5.56 Å². The molecular formula is C14H20O2. The van der Waals surface area contributed by atoms with Gasteiger partial charge in [0.15, 0.2) is 0 Å².